The van der Waals surface area contributed by atoms with Crippen LogP contribution in [0.4, 0.5) is 0 Å². The van der Waals surface area contributed by atoms with Gasteiger partial charge in [-0.15, -0.1) is 11.6 Å². The van der Waals surface area contributed by atoms with E-state index in [1.807, 2.05) is 0 Å². The summed E-state index contributed by atoms with van der Waals surface area (Å²) in [6.45, 7) is 0. The zero-order valence-electron chi connectivity index (χ0n) is 5.76. The molecule has 0 radical (unpaired) electrons. The van der Waals surface area contributed by atoms with Gasteiger partial charge in [-0.25, -0.2) is 0 Å². The largest absolute Gasteiger partial charge is 0.390 e. The van der Waals surface area contributed by atoms with E-state index in [4.69, 9.17) is 32.0 Å². The Hall–Kier alpha value is 0.130. The molecule has 11 heavy (non-hydrogen) atoms. The number of hydrogen-bond acceptors (Lipinski definition) is 4. The third-order valence-electron chi connectivity index (χ3n) is 1.92. The third-order valence-corrected chi connectivity index (χ3v) is 2.44. The zero-order chi connectivity index (χ0) is 8.59. The normalized spacial score (nSPS) is 52.6. The third kappa shape index (κ3) is 1.65. The Balaban J connectivity index is 2.63. The van der Waals surface area contributed by atoms with Gasteiger partial charge in [0.1, 0.15) is 0 Å². The number of rotatable bonds is 0. The van der Waals surface area contributed by atoms with Crippen molar-refractivity contribution in [1.82, 2.24) is 0 Å². The molecule has 0 heterocycles. The number of hydrogen-bond donors (Lipinski definition) is 4. The minimum absolute atomic E-state index is 0.0362. The minimum Gasteiger partial charge on any atom is -0.390 e. The predicted octanol–water partition coefficient (Wildman–Crippen LogP) is -1.56. The van der Waals surface area contributed by atoms with Gasteiger partial charge >= 0.3 is 0 Å². The van der Waals surface area contributed by atoms with Crippen molar-refractivity contribution in [3.05, 3.63) is 0 Å². The topological polar surface area (TPSA) is 80.9 Å². The standard InChI is InChI=1S/C6H11ClO4/c7-4-5(10)2(8)1-3(9)6(4)11/h2-6,8-11H,1H2/t2-,3+,4?,5+,6-. The van der Waals surface area contributed by atoms with Crippen LogP contribution < -0.4 is 0 Å². The first-order valence-corrected chi connectivity index (χ1v) is 3.84. The fourth-order valence-electron chi connectivity index (χ4n) is 1.15. The molecule has 0 amide bonds. The summed E-state index contributed by atoms with van der Waals surface area (Å²) >= 11 is 5.49. The Bertz CT molecular complexity index is 129. The second kappa shape index (κ2) is 3.25. The highest BCUT2D eigenvalue weighted by atomic mass is 35.5. The molecule has 1 fully saturated rings. The number of aliphatic hydroxyl groups is 4. The maximum absolute atomic E-state index is 9.08. The van der Waals surface area contributed by atoms with Gasteiger partial charge in [0.05, 0.1) is 29.8 Å². The van der Waals surface area contributed by atoms with Crippen LogP contribution in [0.2, 0.25) is 0 Å². The van der Waals surface area contributed by atoms with E-state index in [1.165, 1.54) is 0 Å². The first-order chi connectivity index (χ1) is 5.04. The van der Waals surface area contributed by atoms with E-state index in [2.05, 4.69) is 0 Å². The predicted molar refractivity (Wildman–Crippen MR) is 38.3 cm³/mol. The molecule has 0 aliphatic heterocycles. The Morgan fingerprint density at radius 2 is 1.27 bits per heavy atom. The second-order valence-electron chi connectivity index (χ2n) is 2.80. The Labute approximate surface area is 69.0 Å². The van der Waals surface area contributed by atoms with Crippen molar-refractivity contribution in [3.63, 3.8) is 0 Å². The van der Waals surface area contributed by atoms with Gasteiger partial charge in [-0.05, 0) is 0 Å². The van der Waals surface area contributed by atoms with Crippen LogP contribution in [0.1, 0.15) is 6.42 Å². The van der Waals surface area contributed by atoms with Gasteiger partial charge in [0.25, 0.3) is 0 Å². The summed E-state index contributed by atoms with van der Waals surface area (Å²) in [5, 5.41) is 35.2. The summed E-state index contributed by atoms with van der Waals surface area (Å²) in [5.41, 5.74) is 0. The van der Waals surface area contributed by atoms with E-state index < -0.39 is 29.8 Å². The quantitative estimate of drug-likeness (QED) is 0.342. The lowest BCUT2D eigenvalue weighted by molar-refractivity contribution is -0.104. The van der Waals surface area contributed by atoms with Crippen molar-refractivity contribution >= 4 is 11.6 Å². The van der Waals surface area contributed by atoms with Crippen LogP contribution in [-0.4, -0.2) is 50.2 Å². The second-order valence-corrected chi connectivity index (χ2v) is 3.30. The highest BCUT2D eigenvalue weighted by molar-refractivity contribution is 6.21. The van der Waals surface area contributed by atoms with E-state index in [1.54, 1.807) is 0 Å². The van der Waals surface area contributed by atoms with Gasteiger partial charge in [0, 0.05) is 6.42 Å². The molecule has 4 nitrogen and oxygen atoms in total. The molecule has 0 aromatic rings. The molecule has 1 unspecified atom stereocenters. The Morgan fingerprint density at radius 3 is 1.64 bits per heavy atom. The summed E-state index contributed by atoms with van der Waals surface area (Å²) in [4.78, 5) is 0. The summed E-state index contributed by atoms with van der Waals surface area (Å²) < 4.78 is 0. The highest BCUT2D eigenvalue weighted by Gasteiger charge is 2.40. The van der Waals surface area contributed by atoms with Crippen LogP contribution in [-0.2, 0) is 0 Å². The van der Waals surface area contributed by atoms with Crippen molar-refractivity contribution in [3.8, 4) is 0 Å². The molecule has 0 bridgehead atoms. The molecule has 1 aliphatic rings. The number of halogens is 1. The molecule has 66 valence electrons. The van der Waals surface area contributed by atoms with Crippen LogP contribution in [0.15, 0.2) is 0 Å². The van der Waals surface area contributed by atoms with E-state index >= 15 is 0 Å². The summed E-state index contributed by atoms with van der Waals surface area (Å²) in [6.07, 6.45) is -4.44. The highest BCUT2D eigenvalue weighted by Crippen LogP contribution is 2.24. The van der Waals surface area contributed by atoms with E-state index in [9.17, 15) is 0 Å². The molecule has 4 N–H and O–H groups in total. The molecule has 0 aromatic heterocycles. The Morgan fingerprint density at radius 1 is 0.909 bits per heavy atom. The first-order valence-electron chi connectivity index (χ1n) is 3.40. The van der Waals surface area contributed by atoms with Gasteiger partial charge < -0.3 is 20.4 Å². The monoisotopic (exact) mass is 182 g/mol. The van der Waals surface area contributed by atoms with Crippen LogP contribution >= 0.6 is 11.6 Å². The van der Waals surface area contributed by atoms with Crippen LogP contribution in [0, 0.1) is 0 Å². The molecule has 1 saturated carbocycles. The molecule has 0 saturated heterocycles. The van der Waals surface area contributed by atoms with Crippen molar-refractivity contribution in [2.45, 2.75) is 36.2 Å². The van der Waals surface area contributed by atoms with E-state index in [0.29, 0.717) is 0 Å². The Kier molecular flexibility index (Phi) is 2.72. The minimum atomic E-state index is -1.16. The van der Waals surface area contributed by atoms with Crippen molar-refractivity contribution in [1.29, 1.82) is 0 Å². The summed E-state index contributed by atoms with van der Waals surface area (Å²) in [5.74, 6) is 0. The van der Waals surface area contributed by atoms with Crippen LogP contribution in [0.25, 0.3) is 0 Å². The van der Waals surface area contributed by atoms with Gasteiger partial charge in [-0.3, -0.25) is 0 Å². The van der Waals surface area contributed by atoms with Crippen molar-refractivity contribution < 1.29 is 20.4 Å². The van der Waals surface area contributed by atoms with Crippen molar-refractivity contribution in [2.24, 2.45) is 0 Å². The zero-order valence-corrected chi connectivity index (χ0v) is 6.52. The molecule has 5 heteroatoms. The fourth-order valence-corrected chi connectivity index (χ4v) is 1.49. The molecule has 5 atom stereocenters. The SMILES string of the molecule is O[C@@H]1C[C@H](O)[C@@H](O)C(Cl)[C@H]1O. The van der Waals surface area contributed by atoms with Crippen LogP contribution in [0.3, 0.4) is 0 Å². The van der Waals surface area contributed by atoms with Gasteiger partial charge in [-0.2, -0.15) is 0 Å². The average Bonchev–Trinajstić information content (AvgIpc) is 1.97. The smallest absolute Gasteiger partial charge is 0.0989 e. The molecule has 1 rings (SSSR count). The molecule has 0 aromatic carbocycles. The van der Waals surface area contributed by atoms with Crippen molar-refractivity contribution in [2.75, 3.05) is 0 Å². The van der Waals surface area contributed by atoms with E-state index in [-0.39, 0.29) is 6.42 Å². The van der Waals surface area contributed by atoms with Gasteiger partial charge in [0.2, 0.25) is 0 Å². The summed E-state index contributed by atoms with van der Waals surface area (Å²) in [6, 6.07) is 0. The maximum Gasteiger partial charge on any atom is 0.0989 e. The molecular weight excluding hydrogens is 172 g/mol. The first kappa shape index (κ1) is 9.22. The van der Waals surface area contributed by atoms with Gasteiger partial charge in [-0.1, -0.05) is 0 Å². The van der Waals surface area contributed by atoms with Crippen LogP contribution in [0.5, 0.6) is 0 Å². The molecular formula is C6H11ClO4. The maximum atomic E-state index is 9.08. The molecule has 0 spiro atoms. The average molecular weight is 183 g/mol. The fraction of sp³-hybridized carbons (Fsp3) is 1.00. The lowest BCUT2D eigenvalue weighted by Gasteiger charge is -2.35. The number of alkyl halides is 1. The lowest BCUT2D eigenvalue weighted by Crippen LogP contribution is -2.53. The molecule has 1 aliphatic carbocycles. The number of aliphatic hydroxyl groups excluding tert-OH is 4. The van der Waals surface area contributed by atoms with Gasteiger partial charge in [0.15, 0.2) is 0 Å². The lowest BCUT2D eigenvalue weighted by atomic mass is 9.89. The summed E-state index contributed by atoms with van der Waals surface area (Å²) in [7, 11) is 0. The van der Waals surface area contributed by atoms with E-state index in [0.717, 1.165) is 0 Å².